The first-order chi connectivity index (χ1) is 13.1. The zero-order valence-electron chi connectivity index (χ0n) is 16.8. The monoisotopic (exact) mass is 412 g/mol. The molecule has 0 radical (unpaired) electrons. The van der Waals surface area contributed by atoms with E-state index in [2.05, 4.69) is 0 Å². The Balaban J connectivity index is 2.11. The SMILES string of the molecule is COC(=O)C1CCN(C(=O)CN(c2cccc(OC(C)C)c2)S(C)(=O)=O)CC1. The van der Waals surface area contributed by atoms with E-state index < -0.39 is 10.0 Å². The Bertz CT molecular complexity index is 800. The molecule has 1 aromatic carbocycles. The maximum absolute atomic E-state index is 12.7. The van der Waals surface area contributed by atoms with Gasteiger partial charge in [0.1, 0.15) is 12.3 Å². The topological polar surface area (TPSA) is 93.2 Å². The molecule has 0 unspecified atom stereocenters. The van der Waals surface area contributed by atoms with Crippen LogP contribution >= 0.6 is 0 Å². The molecule has 1 amide bonds. The lowest BCUT2D eigenvalue weighted by Gasteiger charge is -2.32. The van der Waals surface area contributed by atoms with E-state index in [1.165, 1.54) is 7.11 Å². The summed E-state index contributed by atoms with van der Waals surface area (Å²) < 4.78 is 36.1. The molecule has 156 valence electrons. The minimum atomic E-state index is -3.67. The van der Waals surface area contributed by atoms with Gasteiger partial charge >= 0.3 is 5.97 Å². The first-order valence-corrected chi connectivity index (χ1v) is 11.1. The van der Waals surface area contributed by atoms with Gasteiger partial charge in [0.25, 0.3) is 0 Å². The van der Waals surface area contributed by atoms with Gasteiger partial charge in [-0.3, -0.25) is 13.9 Å². The van der Waals surface area contributed by atoms with Crippen molar-refractivity contribution in [2.75, 3.05) is 37.3 Å². The summed E-state index contributed by atoms with van der Waals surface area (Å²) in [7, 11) is -2.32. The highest BCUT2D eigenvalue weighted by atomic mass is 32.2. The fourth-order valence-corrected chi connectivity index (χ4v) is 3.98. The fourth-order valence-electron chi connectivity index (χ4n) is 3.14. The van der Waals surface area contributed by atoms with Crippen molar-refractivity contribution in [3.63, 3.8) is 0 Å². The van der Waals surface area contributed by atoms with Crippen molar-refractivity contribution in [1.82, 2.24) is 4.90 Å². The molecule has 1 aliphatic heterocycles. The van der Waals surface area contributed by atoms with Gasteiger partial charge in [0.2, 0.25) is 15.9 Å². The number of sulfonamides is 1. The molecule has 8 nitrogen and oxygen atoms in total. The van der Waals surface area contributed by atoms with Crippen molar-refractivity contribution >= 4 is 27.6 Å². The summed E-state index contributed by atoms with van der Waals surface area (Å²) in [5.74, 6) is -0.256. The van der Waals surface area contributed by atoms with Crippen LogP contribution in [0.3, 0.4) is 0 Å². The normalized spacial score (nSPS) is 15.4. The number of benzene rings is 1. The van der Waals surface area contributed by atoms with Gasteiger partial charge in [-0.25, -0.2) is 8.42 Å². The minimum absolute atomic E-state index is 0.0559. The average molecular weight is 413 g/mol. The van der Waals surface area contributed by atoms with Gasteiger partial charge in [-0.15, -0.1) is 0 Å². The number of likely N-dealkylation sites (tertiary alicyclic amines) is 1. The van der Waals surface area contributed by atoms with E-state index in [4.69, 9.17) is 9.47 Å². The van der Waals surface area contributed by atoms with E-state index in [0.717, 1.165) is 10.6 Å². The zero-order chi connectivity index (χ0) is 20.9. The van der Waals surface area contributed by atoms with Crippen molar-refractivity contribution in [3.05, 3.63) is 24.3 Å². The molecule has 1 saturated heterocycles. The predicted molar refractivity (Wildman–Crippen MR) is 106 cm³/mol. The molecule has 0 atom stereocenters. The maximum Gasteiger partial charge on any atom is 0.308 e. The Morgan fingerprint density at radius 2 is 1.89 bits per heavy atom. The van der Waals surface area contributed by atoms with Gasteiger partial charge in [0, 0.05) is 19.2 Å². The van der Waals surface area contributed by atoms with E-state index in [0.29, 0.717) is 37.4 Å². The fraction of sp³-hybridized carbons (Fsp3) is 0.579. The molecule has 0 spiro atoms. The molecule has 0 saturated carbocycles. The number of esters is 1. The minimum Gasteiger partial charge on any atom is -0.491 e. The van der Waals surface area contributed by atoms with Crippen LogP contribution in [0.2, 0.25) is 0 Å². The highest BCUT2D eigenvalue weighted by molar-refractivity contribution is 7.92. The van der Waals surface area contributed by atoms with Crippen LogP contribution in [0.4, 0.5) is 5.69 Å². The van der Waals surface area contributed by atoms with Crippen LogP contribution < -0.4 is 9.04 Å². The number of carbonyl (C=O) groups is 2. The Morgan fingerprint density at radius 3 is 2.43 bits per heavy atom. The Kier molecular flexibility index (Phi) is 7.29. The van der Waals surface area contributed by atoms with Crippen LogP contribution in [-0.4, -0.2) is 64.3 Å². The van der Waals surface area contributed by atoms with Gasteiger partial charge in [0.15, 0.2) is 0 Å². The second-order valence-corrected chi connectivity index (χ2v) is 9.02. The summed E-state index contributed by atoms with van der Waals surface area (Å²) in [6, 6.07) is 6.67. The number of amides is 1. The van der Waals surface area contributed by atoms with Crippen molar-refractivity contribution in [2.45, 2.75) is 32.8 Å². The molecule has 0 aliphatic carbocycles. The third kappa shape index (κ3) is 5.85. The Morgan fingerprint density at radius 1 is 1.25 bits per heavy atom. The summed E-state index contributed by atoms with van der Waals surface area (Å²) in [4.78, 5) is 25.9. The highest BCUT2D eigenvalue weighted by Gasteiger charge is 2.30. The third-order valence-corrected chi connectivity index (χ3v) is 5.68. The lowest BCUT2D eigenvalue weighted by molar-refractivity contribution is -0.148. The molecule has 0 N–H and O–H groups in total. The second-order valence-electron chi connectivity index (χ2n) is 7.11. The summed E-state index contributed by atoms with van der Waals surface area (Å²) in [6.07, 6.45) is 2.03. The summed E-state index contributed by atoms with van der Waals surface area (Å²) in [5.41, 5.74) is 0.374. The zero-order valence-corrected chi connectivity index (χ0v) is 17.6. The van der Waals surface area contributed by atoms with Crippen LogP contribution in [0.15, 0.2) is 24.3 Å². The van der Waals surface area contributed by atoms with Crippen molar-refractivity contribution < 1.29 is 27.5 Å². The molecular formula is C19H28N2O6S. The van der Waals surface area contributed by atoms with E-state index in [-0.39, 0.29) is 30.4 Å². The van der Waals surface area contributed by atoms with Crippen LogP contribution in [0.25, 0.3) is 0 Å². The highest BCUT2D eigenvalue weighted by Crippen LogP contribution is 2.25. The number of anilines is 1. The lowest BCUT2D eigenvalue weighted by Crippen LogP contribution is -2.46. The van der Waals surface area contributed by atoms with Gasteiger partial charge < -0.3 is 14.4 Å². The number of hydrogen-bond donors (Lipinski definition) is 0. The van der Waals surface area contributed by atoms with Crippen molar-refractivity contribution in [3.8, 4) is 5.75 Å². The van der Waals surface area contributed by atoms with Crippen LogP contribution in [0.1, 0.15) is 26.7 Å². The number of methoxy groups -OCH3 is 1. The summed E-state index contributed by atoms with van der Waals surface area (Å²) >= 11 is 0. The molecular weight excluding hydrogens is 384 g/mol. The molecule has 28 heavy (non-hydrogen) atoms. The standard InChI is InChI=1S/C19H28N2O6S/c1-14(2)27-17-7-5-6-16(12-17)21(28(4,24)25)13-18(22)20-10-8-15(9-11-20)19(23)26-3/h5-7,12,14-15H,8-11,13H2,1-4H3. The average Bonchev–Trinajstić information content (AvgIpc) is 2.64. The smallest absolute Gasteiger partial charge is 0.308 e. The molecule has 0 aromatic heterocycles. The Labute approximate surface area is 166 Å². The first kappa shape index (κ1) is 22.0. The lowest BCUT2D eigenvalue weighted by atomic mass is 9.97. The number of hydrogen-bond acceptors (Lipinski definition) is 6. The number of rotatable bonds is 7. The van der Waals surface area contributed by atoms with E-state index in [1.54, 1.807) is 29.2 Å². The number of nitrogens with zero attached hydrogens (tertiary/aromatic N) is 2. The predicted octanol–water partition coefficient (Wildman–Crippen LogP) is 1.65. The van der Waals surface area contributed by atoms with Crippen LogP contribution in [0.5, 0.6) is 5.75 Å². The number of carbonyl (C=O) groups excluding carboxylic acids is 2. The number of ether oxygens (including phenoxy) is 2. The van der Waals surface area contributed by atoms with E-state index >= 15 is 0 Å². The van der Waals surface area contributed by atoms with Crippen LogP contribution in [-0.2, 0) is 24.3 Å². The molecule has 1 aromatic rings. The second kappa shape index (κ2) is 9.27. The van der Waals surface area contributed by atoms with Gasteiger partial charge in [-0.1, -0.05) is 6.07 Å². The van der Waals surface area contributed by atoms with E-state index in [9.17, 15) is 18.0 Å². The first-order valence-electron chi connectivity index (χ1n) is 9.22. The largest absolute Gasteiger partial charge is 0.491 e. The van der Waals surface area contributed by atoms with Crippen LogP contribution in [0, 0.1) is 5.92 Å². The van der Waals surface area contributed by atoms with Gasteiger partial charge in [-0.05, 0) is 38.8 Å². The molecule has 2 rings (SSSR count). The van der Waals surface area contributed by atoms with Crippen molar-refractivity contribution in [1.29, 1.82) is 0 Å². The molecule has 0 bridgehead atoms. The van der Waals surface area contributed by atoms with E-state index in [1.807, 2.05) is 13.8 Å². The Hall–Kier alpha value is -2.29. The van der Waals surface area contributed by atoms with Crippen molar-refractivity contribution in [2.24, 2.45) is 5.92 Å². The summed E-state index contributed by atoms with van der Waals surface area (Å²) in [5, 5.41) is 0. The third-order valence-electron chi connectivity index (χ3n) is 4.54. The quantitative estimate of drug-likeness (QED) is 0.632. The molecule has 1 fully saturated rings. The molecule has 1 heterocycles. The number of piperidine rings is 1. The summed E-state index contributed by atoms with van der Waals surface area (Å²) in [6.45, 7) is 4.25. The molecule has 9 heteroatoms. The molecule has 1 aliphatic rings. The van der Waals surface area contributed by atoms with Gasteiger partial charge in [0.05, 0.1) is 31.1 Å². The van der Waals surface area contributed by atoms with Gasteiger partial charge in [-0.2, -0.15) is 0 Å². The maximum atomic E-state index is 12.7.